The SMILES string of the molecule is CCOC(=O)c1cc(OCCCC(C)(C)SSC)cc(C)n1. The van der Waals surface area contributed by atoms with Crippen molar-refractivity contribution in [2.24, 2.45) is 0 Å². The second-order valence-electron chi connectivity index (χ2n) is 5.51. The zero-order valence-electron chi connectivity index (χ0n) is 14.0. The van der Waals surface area contributed by atoms with Crippen molar-refractivity contribution in [2.75, 3.05) is 19.5 Å². The molecule has 6 heteroatoms. The van der Waals surface area contributed by atoms with E-state index >= 15 is 0 Å². The van der Waals surface area contributed by atoms with E-state index in [-0.39, 0.29) is 4.75 Å². The van der Waals surface area contributed by atoms with Crippen molar-refractivity contribution in [2.45, 2.75) is 45.3 Å². The number of aryl methyl sites for hydroxylation is 1. The van der Waals surface area contributed by atoms with Crippen molar-refractivity contribution in [1.29, 1.82) is 0 Å². The first-order valence-electron chi connectivity index (χ1n) is 7.38. The lowest BCUT2D eigenvalue weighted by Crippen LogP contribution is -2.15. The monoisotopic (exact) mass is 343 g/mol. The molecule has 124 valence electrons. The van der Waals surface area contributed by atoms with E-state index in [1.54, 1.807) is 23.8 Å². The first-order chi connectivity index (χ1) is 10.4. The topological polar surface area (TPSA) is 48.4 Å². The summed E-state index contributed by atoms with van der Waals surface area (Å²) in [6, 6.07) is 3.48. The van der Waals surface area contributed by atoms with Crippen molar-refractivity contribution in [1.82, 2.24) is 4.98 Å². The van der Waals surface area contributed by atoms with Crippen LogP contribution in [0.3, 0.4) is 0 Å². The first-order valence-corrected chi connectivity index (χ1v) is 9.94. The highest BCUT2D eigenvalue weighted by Gasteiger charge is 2.17. The van der Waals surface area contributed by atoms with Gasteiger partial charge in [-0.15, -0.1) is 0 Å². The van der Waals surface area contributed by atoms with Crippen LogP contribution in [-0.2, 0) is 4.74 Å². The van der Waals surface area contributed by atoms with Crippen LogP contribution in [0.15, 0.2) is 12.1 Å². The minimum Gasteiger partial charge on any atom is -0.493 e. The lowest BCUT2D eigenvalue weighted by Gasteiger charge is -2.22. The molecule has 1 aromatic heterocycles. The summed E-state index contributed by atoms with van der Waals surface area (Å²) in [6.45, 7) is 9.07. The Kier molecular flexibility index (Phi) is 8.10. The molecule has 0 bridgehead atoms. The number of carbonyl (C=O) groups excluding carboxylic acids is 1. The maximum Gasteiger partial charge on any atom is 0.357 e. The molecule has 0 saturated heterocycles. The molecule has 0 spiro atoms. The number of pyridine rings is 1. The van der Waals surface area contributed by atoms with Gasteiger partial charge in [0.05, 0.1) is 13.2 Å². The average Bonchev–Trinajstić information content (AvgIpc) is 2.43. The molecule has 0 amide bonds. The first kappa shape index (κ1) is 19.2. The Balaban J connectivity index is 2.54. The number of esters is 1. The van der Waals surface area contributed by atoms with Gasteiger partial charge in [-0.1, -0.05) is 21.6 Å². The van der Waals surface area contributed by atoms with Gasteiger partial charge in [0.1, 0.15) is 5.75 Å². The largest absolute Gasteiger partial charge is 0.493 e. The number of carbonyl (C=O) groups is 1. The Labute approximate surface area is 141 Å². The Morgan fingerprint density at radius 2 is 2.09 bits per heavy atom. The van der Waals surface area contributed by atoms with E-state index in [9.17, 15) is 4.79 Å². The van der Waals surface area contributed by atoms with E-state index in [0.717, 1.165) is 18.5 Å². The lowest BCUT2D eigenvalue weighted by molar-refractivity contribution is 0.0518. The molecule has 22 heavy (non-hydrogen) atoms. The third-order valence-electron chi connectivity index (χ3n) is 2.91. The number of hydrogen-bond acceptors (Lipinski definition) is 6. The second-order valence-corrected chi connectivity index (χ2v) is 8.62. The van der Waals surface area contributed by atoms with Crippen molar-refractivity contribution in [3.8, 4) is 5.75 Å². The van der Waals surface area contributed by atoms with Crippen LogP contribution in [0.2, 0.25) is 0 Å². The zero-order valence-corrected chi connectivity index (χ0v) is 15.6. The molecule has 4 nitrogen and oxygen atoms in total. The summed E-state index contributed by atoms with van der Waals surface area (Å²) in [5.41, 5.74) is 1.05. The van der Waals surface area contributed by atoms with Crippen LogP contribution < -0.4 is 4.74 Å². The van der Waals surface area contributed by atoms with Crippen LogP contribution in [0.1, 0.15) is 49.8 Å². The van der Waals surface area contributed by atoms with Gasteiger partial charge in [0, 0.05) is 22.6 Å². The van der Waals surface area contributed by atoms with Gasteiger partial charge in [0.15, 0.2) is 5.69 Å². The molecule has 0 N–H and O–H groups in total. The molecule has 1 heterocycles. The van der Waals surface area contributed by atoms with Crippen LogP contribution in [0.5, 0.6) is 5.75 Å². The van der Waals surface area contributed by atoms with Crippen molar-refractivity contribution >= 4 is 27.6 Å². The van der Waals surface area contributed by atoms with Crippen molar-refractivity contribution in [3.05, 3.63) is 23.5 Å². The predicted octanol–water partition coefficient (Wildman–Crippen LogP) is 4.52. The summed E-state index contributed by atoms with van der Waals surface area (Å²) in [4.78, 5) is 15.9. The molecule has 0 aliphatic rings. The van der Waals surface area contributed by atoms with Gasteiger partial charge in [0.2, 0.25) is 0 Å². The van der Waals surface area contributed by atoms with Gasteiger partial charge in [-0.2, -0.15) is 0 Å². The maximum absolute atomic E-state index is 11.7. The van der Waals surface area contributed by atoms with Crippen LogP contribution in [0.25, 0.3) is 0 Å². The van der Waals surface area contributed by atoms with E-state index in [2.05, 4.69) is 25.1 Å². The van der Waals surface area contributed by atoms with Crippen LogP contribution >= 0.6 is 21.6 Å². The Bertz CT molecular complexity index is 492. The fourth-order valence-corrected chi connectivity index (χ4v) is 4.27. The summed E-state index contributed by atoms with van der Waals surface area (Å²) in [5, 5.41) is 0. The normalized spacial score (nSPS) is 11.3. The highest BCUT2D eigenvalue weighted by molar-refractivity contribution is 8.76. The summed E-state index contributed by atoms with van der Waals surface area (Å²) >= 11 is 0. The van der Waals surface area contributed by atoms with Gasteiger partial charge in [-0.3, -0.25) is 0 Å². The molecule has 0 atom stereocenters. The summed E-state index contributed by atoms with van der Waals surface area (Å²) in [6.07, 6.45) is 4.14. The summed E-state index contributed by atoms with van der Waals surface area (Å²) in [7, 11) is 3.67. The molecular weight excluding hydrogens is 318 g/mol. The van der Waals surface area contributed by atoms with Crippen molar-refractivity contribution < 1.29 is 14.3 Å². The molecule has 0 aliphatic carbocycles. The predicted molar refractivity (Wildman–Crippen MR) is 94.8 cm³/mol. The van der Waals surface area contributed by atoms with E-state index in [1.165, 1.54) is 0 Å². The minimum atomic E-state index is -0.409. The Morgan fingerprint density at radius 3 is 2.73 bits per heavy atom. The molecule has 0 unspecified atom stereocenters. The molecule has 0 fully saturated rings. The van der Waals surface area contributed by atoms with Crippen molar-refractivity contribution in [3.63, 3.8) is 0 Å². The zero-order chi connectivity index (χ0) is 16.6. The number of nitrogens with zero attached hydrogens (tertiary/aromatic N) is 1. The smallest absolute Gasteiger partial charge is 0.357 e. The van der Waals surface area contributed by atoms with Gasteiger partial charge < -0.3 is 9.47 Å². The molecule has 0 saturated carbocycles. The van der Waals surface area contributed by atoms with E-state index in [4.69, 9.17) is 9.47 Å². The number of ether oxygens (including phenoxy) is 2. The van der Waals surface area contributed by atoms with Gasteiger partial charge in [-0.25, -0.2) is 9.78 Å². The molecule has 0 radical (unpaired) electrons. The van der Waals surface area contributed by atoms with Gasteiger partial charge >= 0.3 is 5.97 Å². The Morgan fingerprint density at radius 1 is 1.36 bits per heavy atom. The average molecular weight is 344 g/mol. The fourth-order valence-electron chi connectivity index (χ4n) is 1.98. The van der Waals surface area contributed by atoms with E-state index in [1.807, 2.05) is 23.8 Å². The Hall–Kier alpha value is -0.880. The van der Waals surface area contributed by atoms with E-state index < -0.39 is 5.97 Å². The third kappa shape index (κ3) is 6.92. The minimum absolute atomic E-state index is 0.243. The van der Waals surface area contributed by atoms with Crippen LogP contribution in [0.4, 0.5) is 0 Å². The number of hydrogen-bond donors (Lipinski definition) is 0. The summed E-state index contributed by atoms with van der Waals surface area (Å²) < 4.78 is 11.0. The van der Waals surface area contributed by atoms with E-state index in [0.29, 0.717) is 24.7 Å². The molecule has 0 aromatic carbocycles. The molecule has 0 aliphatic heterocycles. The van der Waals surface area contributed by atoms with Crippen LogP contribution in [-0.4, -0.2) is 35.2 Å². The number of aromatic nitrogens is 1. The van der Waals surface area contributed by atoms with Gasteiger partial charge in [-0.05, 0) is 46.8 Å². The van der Waals surface area contributed by atoms with Gasteiger partial charge in [0.25, 0.3) is 0 Å². The second kappa shape index (κ2) is 9.30. The quantitative estimate of drug-likeness (QED) is 0.373. The molecular formula is C16H25NO3S2. The highest BCUT2D eigenvalue weighted by atomic mass is 33.1. The third-order valence-corrected chi connectivity index (χ3v) is 5.59. The standard InChI is InChI=1S/C16H25NO3S2/c1-6-19-15(18)14-11-13(10-12(2)17-14)20-9-7-8-16(3,4)22-21-5/h10-11H,6-9H2,1-5H3. The maximum atomic E-state index is 11.7. The highest BCUT2D eigenvalue weighted by Crippen LogP contribution is 2.36. The summed E-state index contributed by atoms with van der Waals surface area (Å²) in [5.74, 6) is 0.263. The number of rotatable bonds is 9. The lowest BCUT2D eigenvalue weighted by atomic mass is 10.1. The molecule has 1 rings (SSSR count). The van der Waals surface area contributed by atoms with Crippen LogP contribution in [0, 0.1) is 6.92 Å². The fraction of sp³-hybridized carbons (Fsp3) is 0.625. The molecule has 1 aromatic rings.